The average molecular weight is 259 g/mol. The number of halogens is 2. The van der Waals surface area contributed by atoms with Gasteiger partial charge in [0.25, 0.3) is 0 Å². The maximum absolute atomic E-state index is 13.1. The Morgan fingerprint density at radius 2 is 2.00 bits per heavy atom. The van der Waals surface area contributed by atoms with Crippen LogP contribution in [0.15, 0.2) is 18.2 Å². The summed E-state index contributed by atoms with van der Waals surface area (Å²) in [6.45, 7) is 3.96. The predicted molar refractivity (Wildman–Crippen MR) is 70.7 cm³/mol. The molecule has 0 radical (unpaired) electrons. The van der Waals surface area contributed by atoms with Crippen LogP contribution in [0.2, 0.25) is 5.02 Å². The Bertz CT molecular complexity index is 385. The van der Waals surface area contributed by atoms with E-state index in [1.165, 1.54) is 6.07 Å². The fourth-order valence-electron chi connectivity index (χ4n) is 1.82. The van der Waals surface area contributed by atoms with Crippen molar-refractivity contribution in [1.29, 1.82) is 0 Å². The summed E-state index contributed by atoms with van der Waals surface area (Å²) in [6, 6.07) is 4.97. The molecule has 2 N–H and O–H groups in total. The molecule has 1 atom stereocenters. The lowest BCUT2D eigenvalue weighted by atomic mass is 9.91. The number of hydrogen-bond donors (Lipinski definition) is 1. The molecule has 0 amide bonds. The minimum Gasteiger partial charge on any atom is -0.325 e. The van der Waals surface area contributed by atoms with E-state index in [1.807, 2.05) is 27.9 Å². The third-order valence-electron chi connectivity index (χ3n) is 2.67. The van der Waals surface area contributed by atoms with Crippen molar-refractivity contribution in [2.75, 3.05) is 14.1 Å². The van der Waals surface area contributed by atoms with Crippen LogP contribution in [0.1, 0.15) is 31.9 Å². The van der Waals surface area contributed by atoms with Gasteiger partial charge in [0.1, 0.15) is 5.82 Å². The first-order chi connectivity index (χ1) is 7.70. The highest BCUT2D eigenvalue weighted by Gasteiger charge is 2.22. The Kier molecular flexibility index (Phi) is 4.53. The monoisotopic (exact) mass is 258 g/mol. The molecule has 0 aliphatic rings. The Hall–Kier alpha value is -0.640. The zero-order valence-corrected chi connectivity index (χ0v) is 11.6. The summed E-state index contributed by atoms with van der Waals surface area (Å²) in [7, 11) is 3.96. The number of hydrogen-bond acceptors (Lipinski definition) is 2. The van der Waals surface area contributed by atoms with Gasteiger partial charge in [-0.2, -0.15) is 0 Å². The average Bonchev–Trinajstić information content (AvgIpc) is 2.17. The lowest BCUT2D eigenvalue weighted by Crippen LogP contribution is -2.37. The molecule has 1 aromatic rings. The second-order valence-corrected chi connectivity index (χ2v) is 5.75. The van der Waals surface area contributed by atoms with Gasteiger partial charge in [-0.3, -0.25) is 0 Å². The molecule has 0 saturated carbocycles. The highest BCUT2D eigenvalue weighted by atomic mass is 35.5. The molecular formula is C13H20ClFN2. The fraction of sp³-hybridized carbons (Fsp3) is 0.538. The van der Waals surface area contributed by atoms with Gasteiger partial charge in [0, 0.05) is 11.6 Å². The third-order valence-corrected chi connectivity index (χ3v) is 2.96. The largest absolute Gasteiger partial charge is 0.325 e. The lowest BCUT2D eigenvalue weighted by molar-refractivity contribution is 0.243. The van der Waals surface area contributed by atoms with Crippen LogP contribution in [-0.2, 0) is 0 Å². The molecule has 96 valence electrons. The van der Waals surface area contributed by atoms with E-state index in [1.54, 1.807) is 12.1 Å². The molecule has 0 aliphatic carbocycles. The molecule has 2 nitrogen and oxygen atoms in total. The molecule has 4 heteroatoms. The zero-order chi connectivity index (χ0) is 13.2. The fourth-order valence-corrected chi connectivity index (χ4v) is 2.01. The van der Waals surface area contributed by atoms with Gasteiger partial charge in [-0.1, -0.05) is 17.7 Å². The lowest BCUT2D eigenvalue weighted by Gasteiger charge is -2.31. The minimum atomic E-state index is -0.389. The van der Waals surface area contributed by atoms with Gasteiger partial charge in [0.2, 0.25) is 0 Å². The smallest absolute Gasteiger partial charge is 0.141 e. The van der Waals surface area contributed by atoms with Crippen LogP contribution < -0.4 is 5.73 Å². The Labute approximate surface area is 108 Å². The molecule has 1 rings (SSSR count). The highest BCUT2D eigenvalue weighted by Crippen LogP contribution is 2.29. The molecule has 0 heterocycles. The topological polar surface area (TPSA) is 29.3 Å². The number of benzene rings is 1. The van der Waals surface area contributed by atoms with Gasteiger partial charge in [0.15, 0.2) is 0 Å². The molecule has 0 fully saturated rings. The van der Waals surface area contributed by atoms with E-state index in [0.29, 0.717) is 0 Å². The standard InChI is InChI=1S/C13H20ClFN2/c1-13(2,16)8-12(17(3)4)9-5-6-11(15)10(14)7-9/h5-7,12H,8,16H2,1-4H3. The zero-order valence-electron chi connectivity index (χ0n) is 10.8. The molecule has 17 heavy (non-hydrogen) atoms. The molecule has 0 bridgehead atoms. The maximum Gasteiger partial charge on any atom is 0.141 e. The van der Waals surface area contributed by atoms with Gasteiger partial charge < -0.3 is 10.6 Å². The van der Waals surface area contributed by atoms with Crippen molar-refractivity contribution in [3.63, 3.8) is 0 Å². The molecule has 0 aromatic heterocycles. The summed E-state index contributed by atoms with van der Waals surface area (Å²) in [4.78, 5) is 2.07. The molecule has 0 saturated heterocycles. The Morgan fingerprint density at radius 3 is 2.41 bits per heavy atom. The first-order valence-corrected chi connectivity index (χ1v) is 5.99. The second-order valence-electron chi connectivity index (χ2n) is 5.35. The van der Waals surface area contributed by atoms with Crippen LogP contribution in [0.3, 0.4) is 0 Å². The Balaban J connectivity index is 3.02. The molecule has 0 spiro atoms. The summed E-state index contributed by atoms with van der Waals surface area (Å²) in [5.74, 6) is -0.389. The van der Waals surface area contributed by atoms with E-state index in [-0.39, 0.29) is 22.4 Å². The van der Waals surface area contributed by atoms with Gasteiger partial charge in [-0.25, -0.2) is 4.39 Å². The van der Waals surface area contributed by atoms with Gasteiger partial charge in [-0.05, 0) is 52.1 Å². The molecule has 1 unspecified atom stereocenters. The van der Waals surface area contributed by atoms with Crippen molar-refractivity contribution in [2.45, 2.75) is 31.8 Å². The second kappa shape index (κ2) is 5.34. The number of nitrogens with two attached hydrogens (primary N) is 1. The Morgan fingerprint density at radius 1 is 1.41 bits per heavy atom. The summed E-state index contributed by atoms with van der Waals surface area (Å²) in [5.41, 5.74) is 6.75. The van der Waals surface area contributed by atoms with E-state index in [9.17, 15) is 4.39 Å². The van der Waals surface area contributed by atoms with Gasteiger partial charge in [-0.15, -0.1) is 0 Å². The van der Waals surface area contributed by atoms with Gasteiger partial charge in [0.05, 0.1) is 5.02 Å². The number of rotatable bonds is 4. The third kappa shape index (κ3) is 4.26. The first-order valence-electron chi connectivity index (χ1n) is 5.61. The summed E-state index contributed by atoms with van der Waals surface area (Å²) in [5, 5.41) is 0.157. The van der Waals surface area contributed by atoms with E-state index in [4.69, 9.17) is 17.3 Å². The van der Waals surface area contributed by atoms with Crippen LogP contribution >= 0.6 is 11.6 Å². The molecular weight excluding hydrogens is 239 g/mol. The van der Waals surface area contributed by atoms with Crippen molar-refractivity contribution >= 4 is 11.6 Å². The van der Waals surface area contributed by atoms with Crippen LogP contribution in [0.4, 0.5) is 4.39 Å². The van der Waals surface area contributed by atoms with Crippen LogP contribution in [-0.4, -0.2) is 24.5 Å². The first kappa shape index (κ1) is 14.4. The van der Waals surface area contributed by atoms with Gasteiger partial charge >= 0.3 is 0 Å². The quantitative estimate of drug-likeness (QED) is 0.899. The van der Waals surface area contributed by atoms with E-state index >= 15 is 0 Å². The van der Waals surface area contributed by atoms with Crippen molar-refractivity contribution < 1.29 is 4.39 Å². The van der Waals surface area contributed by atoms with E-state index < -0.39 is 0 Å². The van der Waals surface area contributed by atoms with Crippen LogP contribution in [0.5, 0.6) is 0 Å². The van der Waals surface area contributed by atoms with E-state index in [2.05, 4.69) is 4.90 Å². The summed E-state index contributed by atoms with van der Waals surface area (Å²) >= 11 is 5.81. The normalized spacial score (nSPS) is 14.1. The van der Waals surface area contributed by atoms with Crippen molar-refractivity contribution in [3.8, 4) is 0 Å². The number of nitrogens with zero attached hydrogens (tertiary/aromatic N) is 1. The predicted octanol–water partition coefficient (Wildman–Crippen LogP) is 3.21. The van der Waals surface area contributed by atoms with Crippen molar-refractivity contribution in [3.05, 3.63) is 34.6 Å². The van der Waals surface area contributed by atoms with Crippen molar-refractivity contribution in [2.24, 2.45) is 5.73 Å². The minimum absolute atomic E-state index is 0.132. The highest BCUT2D eigenvalue weighted by molar-refractivity contribution is 6.30. The van der Waals surface area contributed by atoms with Crippen molar-refractivity contribution in [1.82, 2.24) is 4.90 Å². The summed E-state index contributed by atoms with van der Waals surface area (Å²) < 4.78 is 13.1. The molecule has 1 aromatic carbocycles. The molecule has 0 aliphatic heterocycles. The summed E-state index contributed by atoms with van der Waals surface area (Å²) in [6.07, 6.45) is 0.780. The van der Waals surface area contributed by atoms with Crippen LogP contribution in [0, 0.1) is 5.82 Å². The maximum atomic E-state index is 13.1. The van der Waals surface area contributed by atoms with Crippen LogP contribution in [0.25, 0.3) is 0 Å². The van der Waals surface area contributed by atoms with E-state index in [0.717, 1.165) is 12.0 Å². The SMILES string of the molecule is CN(C)C(CC(C)(C)N)c1ccc(F)c(Cl)c1.